The first kappa shape index (κ1) is 14.4. The Morgan fingerprint density at radius 2 is 2.21 bits per heavy atom. The lowest BCUT2D eigenvalue weighted by atomic mass is 9.94. The molecule has 1 amide bonds. The van der Waals surface area contributed by atoms with Crippen LogP contribution in [0, 0.1) is 0 Å². The molecule has 1 heterocycles. The summed E-state index contributed by atoms with van der Waals surface area (Å²) in [5.41, 5.74) is 6.02. The van der Waals surface area contributed by atoms with Gasteiger partial charge in [0.2, 0.25) is 0 Å². The summed E-state index contributed by atoms with van der Waals surface area (Å²) in [5, 5.41) is 3.51. The molecule has 2 atom stereocenters. The SMILES string of the molecule is CC1OCCC1(C)NC(=O)c1cc(N)c(Cl)c(Cl)c1. The van der Waals surface area contributed by atoms with Gasteiger partial charge in [-0.3, -0.25) is 4.79 Å². The van der Waals surface area contributed by atoms with E-state index in [0.717, 1.165) is 6.42 Å². The fraction of sp³-hybridized carbons (Fsp3) is 0.462. The minimum absolute atomic E-state index is 0.0310. The summed E-state index contributed by atoms with van der Waals surface area (Å²) in [6.45, 7) is 4.54. The monoisotopic (exact) mass is 302 g/mol. The van der Waals surface area contributed by atoms with Gasteiger partial charge >= 0.3 is 0 Å². The van der Waals surface area contributed by atoms with E-state index >= 15 is 0 Å². The number of hydrogen-bond donors (Lipinski definition) is 2. The molecule has 0 radical (unpaired) electrons. The number of halogens is 2. The lowest BCUT2D eigenvalue weighted by molar-refractivity contribution is 0.0727. The number of carbonyl (C=O) groups excluding carboxylic acids is 1. The summed E-state index contributed by atoms with van der Waals surface area (Å²) in [6.07, 6.45) is 0.744. The molecule has 1 aliphatic heterocycles. The van der Waals surface area contributed by atoms with Gasteiger partial charge in [-0.25, -0.2) is 0 Å². The highest BCUT2D eigenvalue weighted by atomic mass is 35.5. The number of anilines is 1. The van der Waals surface area contributed by atoms with Gasteiger partial charge in [0.25, 0.3) is 5.91 Å². The third-order valence-corrected chi connectivity index (χ3v) is 4.42. The molecule has 104 valence electrons. The van der Waals surface area contributed by atoms with Crippen molar-refractivity contribution < 1.29 is 9.53 Å². The Hall–Kier alpha value is -0.970. The smallest absolute Gasteiger partial charge is 0.251 e. The van der Waals surface area contributed by atoms with E-state index in [-0.39, 0.29) is 27.6 Å². The number of rotatable bonds is 2. The highest BCUT2D eigenvalue weighted by molar-refractivity contribution is 6.43. The van der Waals surface area contributed by atoms with E-state index in [0.29, 0.717) is 17.9 Å². The van der Waals surface area contributed by atoms with E-state index in [9.17, 15) is 4.79 Å². The summed E-state index contributed by atoms with van der Waals surface area (Å²) < 4.78 is 5.49. The number of carbonyl (C=O) groups is 1. The Morgan fingerprint density at radius 3 is 2.74 bits per heavy atom. The van der Waals surface area contributed by atoms with Gasteiger partial charge in [-0.15, -0.1) is 0 Å². The number of amides is 1. The maximum Gasteiger partial charge on any atom is 0.251 e. The molecule has 1 saturated heterocycles. The Bertz CT molecular complexity index is 498. The molecular formula is C13H16Cl2N2O2. The molecule has 1 fully saturated rings. The van der Waals surface area contributed by atoms with Crippen LogP contribution in [-0.2, 0) is 4.74 Å². The fourth-order valence-electron chi connectivity index (χ4n) is 2.07. The number of nitrogens with one attached hydrogen (secondary N) is 1. The van der Waals surface area contributed by atoms with E-state index in [2.05, 4.69) is 5.32 Å². The molecule has 2 unspecified atom stereocenters. The molecule has 1 aromatic rings. The van der Waals surface area contributed by atoms with Crippen molar-refractivity contribution in [3.05, 3.63) is 27.7 Å². The Labute approximate surface area is 122 Å². The van der Waals surface area contributed by atoms with Crippen molar-refractivity contribution in [2.75, 3.05) is 12.3 Å². The molecule has 19 heavy (non-hydrogen) atoms. The van der Waals surface area contributed by atoms with E-state index < -0.39 is 0 Å². The third-order valence-electron chi connectivity index (χ3n) is 3.60. The molecule has 1 aromatic carbocycles. The average Bonchev–Trinajstić information content (AvgIpc) is 2.65. The molecule has 0 aromatic heterocycles. The first-order valence-electron chi connectivity index (χ1n) is 6.02. The first-order valence-corrected chi connectivity index (χ1v) is 6.78. The van der Waals surface area contributed by atoms with Crippen LogP contribution in [0.2, 0.25) is 10.0 Å². The second kappa shape index (κ2) is 5.19. The van der Waals surface area contributed by atoms with Crippen molar-refractivity contribution in [2.24, 2.45) is 0 Å². The van der Waals surface area contributed by atoms with E-state index in [1.807, 2.05) is 13.8 Å². The van der Waals surface area contributed by atoms with Gasteiger partial charge in [0.05, 0.1) is 27.4 Å². The standard InChI is InChI=1S/C13H16Cl2N2O2/c1-7-13(2,3-4-19-7)17-12(18)8-5-9(14)11(15)10(16)6-8/h5-7H,3-4,16H2,1-2H3,(H,17,18). The van der Waals surface area contributed by atoms with Gasteiger partial charge < -0.3 is 15.8 Å². The van der Waals surface area contributed by atoms with Gasteiger partial charge in [0.15, 0.2) is 0 Å². The summed E-state index contributed by atoms with van der Waals surface area (Å²) >= 11 is 11.8. The van der Waals surface area contributed by atoms with Gasteiger partial charge in [-0.2, -0.15) is 0 Å². The minimum atomic E-state index is -0.377. The summed E-state index contributed by atoms with van der Waals surface area (Å²) in [5.74, 6) is -0.231. The molecule has 2 rings (SSSR count). The number of hydrogen-bond acceptors (Lipinski definition) is 3. The van der Waals surface area contributed by atoms with Gasteiger partial charge in [0, 0.05) is 12.2 Å². The first-order chi connectivity index (χ1) is 8.83. The largest absolute Gasteiger partial charge is 0.397 e. The van der Waals surface area contributed by atoms with E-state index in [1.165, 1.54) is 12.1 Å². The lowest BCUT2D eigenvalue weighted by Gasteiger charge is -2.29. The minimum Gasteiger partial charge on any atom is -0.397 e. The number of nitrogen functional groups attached to an aromatic ring is 1. The predicted octanol–water partition coefficient (Wildman–Crippen LogP) is 2.87. The molecule has 0 aliphatic carbocycles. The molecule has 0 saturated carbocycles. The van der Waals surface area contributed by atoms with Crippen molar-refractivity contribution in [2.45, 2.75) is 31.9 Å². The van der Waals surface area contributed by atoms with Crippen LogP contribution >= 0.6 is 23.2 Å². The highest BCUT2D eigenvalue weighted by Gasteiger charge is 2.38. The van der Waals surface area contributed by atoms with Gasteiger partial charge in [0.1, 0.15) is 0 Å². The molecule has 4 nitrogen and oxygen atoms in total. The van der Waals surface area contributed by atoms with Crippen LogP contribution in [0.25, 0.3) is 0 Å². The zero-order chi connectivity index (χ0) is 14.2. The maximum atomic E-state index is 12.2. The van der Waals surface area contributed by atoms with Crippen molar-refractivity contribution >= 4 is 34.8 Å². The zero-order valence-electron chi connectivity index (χ0n) is 10.8. The Morgan fingerprint density at radius 1 is 1.53 bits per heavy atom. The maximum absolute atomic E-state index is 12.2. The lowest BCUT2D eigenvalue weighted by Crippen LogP contribution is -2.50. The topological polar surface area (TPSA) is 64.3 Å². The highest BCUT2D eigenvalue weighted by Crippen LogP contribution is 2.30. The molecule has 0 bridgehead atoms. The Kier molecular flexibility index (Phi) is 3.95. The van der Waals surface area contributed by atoms with E-state index in [4.69, 9.17) is 33.7 Å². The van der Waals surface area contributed by atoms with Crippen LogP contribution in [0.5, 0.6) is 0 Å². The van der Waals surface area contributed by atoms with Crippen LogP contribution in [0.3, 0.4) is 0 Å². The van der Waals surface area contributed by atoms with Crippen LogP contribution in [0.1, 0.15) is 30.6 Å². The fourth-order valence-corrected chi connectivity index (χ4v) is 2.41. The van der Waals surface area contributed by atoms with Crippen LogP contribution in [0.15, 0.2) is 12.1 Å². The van der Waals surface area contributed by atoms with Gasteiger partial charge in [-0.05, 0) is 32.4 Å². The number of nitrogens with two attached hydrogens (primary N) is 1. The normalized spacial score (nSPS) is 26.4. The predicted molar refractivity (Wildman–Crippen MR) is 76.8 cm³/mol. The number of benzene rings is 1. The molecule has 3 N–H and O–H groups in total. The van der Waals surface area contributed by atoms with Crippen LogP contribution < -0.4 is 11.1 Å². The van der Waals surface area contributed by atoms with Crippen molar-refractivity contribution in [3.63, 3.8) is 0 Å². The zero-order valence-corrected chi connectivity index (χ0v) is 12.3. The Balaban J connectivity index is 2.21. The molecule has 0 spiro atoms. The molecule has 6 heteroatoms. The van der Waals surface area contributed by atoms with E-state index in [1.54, 1.807) is 0 Å². The van der Waals surface area contributed by atoms with Crippen molar-refractivity contribution in [3.8, 4) is 0 Å². The quantitative estimate of drug-likeness (QED) is 0.826. The van der Waals surface area contributed by atoms with Crippen LogP contribution in [0.4, 0.5) is 5.69 Å². The second-order valence-corrected chi connectivity index (χ2v) is 5.78. The average molecular weight is 303 g/mol. The molecule has 1 aliphatic rings. The summed E-state index contributed by atoms with van der Waals surface area (Å²) in [6, 6.07) is 3.03. The summed E-state index contributed by atoms with van der Waals surface area (Å²) in [4.78, 5) is 12.2. The summed E-state index contributed by atoms with van der Waals surface area (Å²) in [7, 11) is 0. The second-order valence-electron chi connectivity index (χ2n) is 5.00. The number of ether oxygens (including phenoxy) is 1. The van der Waals surface area contributed by atoms with Crippen molar-refractivity contribution in [1.29, 1.82) is 0 Å². The van der Waals surface area contributed by atoms with Crippen molar-refractivity contribution in [1.82, 2.24) is 5.32 Å². The third kappa shape index (κ3) is 2.81. The van der Waals surface area contributed by atoms with Crippen LogP contribution in [-0.4, -0.2) is 24.2 Å². The molecular weight excluding hydrogens is 287 g/mol. The van der Waals surface area contributed by atoms with Gasteiger partial charge in [-0.1, -0.05) is 23.2 Å².